The Labute approximate surface area is 177 Å². The van der Waals surface area contributed by atoms with Crippen LogP contribution in [0.3, 0.4) is 0 Å². The van der Waals surface area contributed by atoms with Crippen LogP contribution >= 0.6 is 0 Å². The van der Waals surface area contributed by atoms with Crippen LogP contribution in [0.2, 0.25) is 0 Å². The highest BCUT2D eigenvalue weighted by Crippen LogP contribution is 2.32. The summed E-state index contributed by atoms with van der Waals surface area (Å²) >= 11 is 0. The van der Waals surface area contributed by atoms with Crippen LogP contribution in [0.4, 0.5) is 11.4 Å². The van der Waals surface area contributed by atoms with E-state index >= 15 is 0 Å². The van der Waals surface area contributed by atoms with Gasteiger partial charge in [-0.1, -0.05) is 31.0 Å². The number of anilines is 1. The van der Waals surface area contributed by atoms with E-state index < -0.39 is 4.92 Å². The van der Waals surface area contributed by atoms with Gasteiger partial charge in [0.2, 0.25) is 5.91 Å². The number of likely N-dealkylation sites (tertiary alicyclic amines) is 1. The number of nitro groups is 1. The number of benzene rings is 2. The lowest BCUT2D eigenvalue weighted by Crippen LogP contribution is -2.36. The number of nitro benzene ring substituents is 1. The molecule has 2 aromatic carbocycles. The molecule has 0 radical (unpaired) electrons. The Kier molecular flexibility index (Phi) is 7.05. The molecule has 1 saturated heterocycles. The minimum Gasteiger partial charge on any atom is -0.497 e. The van der Waals surface area contributed by atoms with Crippen molar-refractivity contribution in [2.45, 2.75) is 45.6 Å². The highest BCUT2D eigenvalue weighted by Gasteiger charge is 2.26. The van der Waals surface area contributed by atoms with Crippen molar-refractivity contribution in [3.8, 4) is 5.75 Å². The predicted molar refractivity (Wildman–Crippen MR) is 117 cm³/mol. The maximum atomic E-state index is 12.9. The molecule has 0 aromatic heterocycles. The summed E-state index contributed by atoms with van der Waals surface area (Å²) in [5.41, 5.74) is 3.00. The molecule has 1 atom stereocenters. The molecule has 3 rings (SSSR count). The monoisotopic (exact) mass is 411 g/mol. The quantitative estimate of drug-likeness (QED) is 0.546. The van der Waals surface area contributed by atoms with Crippen molar-refractivity contribution in [2.75, 3.05) is 25.5 Å². The van der Waals surface area contributed by atoms with Crippen molar-refractivity contribution in [3.63, 3.8) is 0 Å². The van der Waals surface area contributed by atoms with Crippen molar-refractivity contribution in [1.29, 1.82) is 0 Å². The normalized spacial score (nSPS) is 17.2. The first-order chi connectivity index (χ1) is 14.4. The molecule has 7 nitrogen and oxygen atoms in total. The number of carbonyl (C=O) groups is 1. The van der Waals surface area contributed by atoms with E-state index in [-0.39, 0.29) is 24.2 Å². The van der Waals surface area contributed by atoms with Crippen LogP contribution in [0.1, 0.15) is 48.4 Å². The molecule has 0 bridgehead atoms. The second-order valence-electron chi connectivity index (χ2n) is 7.82. The molecular weight excluding hydrogens is 382 g/mol. The van der Waals surface area contributed by atoms with Crippen LogP contribution in [0.15, 0.2) is 36.4 Å². The van der Waals surface area contributed by atoms with E-state index in [0.29, 0.717) is 5.69 Å². The summed E-state index contributed by atoms with van der Waals surface area (Å²) in [5, 5.41) is 14.2. The second-order valence-corrected chi connectivity index (χ2v) is 7.82. The number of amides is 1. The minimum atomic E-state index is -0.450. The van der Waals surface area contributed by atoms with Crippen LogP contribution in [-0.2, 0) is 4.79 Å². The summed E-state index contributed by atoms with van der Waals surface area (Å²) < 4.78 is 5.26. The second kappa shape index (κ2) is 9.71. The standard InChI is InChI=1S/C23H29N3O4/c1-16-8-13-21(26(28)29)23(17(16)2)24-22(27)15-25-14-6-4-5-7-20(25)18-9-11-19(30-3)12-10-18/h8-13,20H,4-7,14-15H2,1-3H3,(H,24,27)/t20-/m0/s1. The fourth-order valence-electron chi connectivity index (χ4n) is 4.04. The SMILES string of the molecule is COc1ccc([C@@H]2CCCCCN2CC(=O)Nc2c([N+](=O)[O-])ccc(C)c2C)cc1. The molecule has 1 heterocycles. The number of methoxy groups -OCH3 is 1. The Morgan fingerprint density at radius 3 is 2.57 bits per heavy atom. The first-order valence-electron chi connectivity index (χ1n) is 10.3. The molecule has 0 spiro atoms. The molecular formula is C23H29N3O4. The van der Waals surface area contributed by atoms with Gasteiger partial charge >= 0.3 is 0 Å². The number of hydrogen-bond acceptors (Lipinski definition) is 5. The van der Waals surface area contributed by atoms with E-state index in [1.54, 1.807) is 20.1 Å². The average molecular weight is 412 g/mol. The van der Waals surface area contributed by atoms with Gasteiger partial charge in [-0.15, -0.1) is 0 Å². The molecule has 0 aliphatic carbocycles. The fourth-order valence-corrected chi connectivity index (χ4v) is 4.04. The minimum absolute atomic E-state index is 0.0750. The van der Waals surface area contributed by atoms with Gasteiger partial charge in [-0.25, -0.2) is 0 Å². The fraction of sp³-hybridized carbons (Fsp3) is 0.435. The predicted octanol–water partition coefficient (Wildman–Crippen LogP) is 4.78. The largest absolute Gasteiger partial charge is 0.497 e. The van der Waals surface area contributed by atoms with Gasteiger partial charge in [0, 0.05) is 12.1 Å². The van der Waals surface area contributed by atoms with Gasteiger partial charge in [0.15, 0.2) is 0 Å². The molecule has 2 aromatic rings. The summed E-state index contributed by atoms with van der Waals surface area (Å²) in [6.45, 7) is 4.69. The summed E-state index contributed by atoms with van der Waals surface area (Å²) in [6, 6.07) is 11.3. The number of hydrogen-bond donors (Lipinski definition) is 1. The zero-order valence-corrected chi connectivity index (χ0v) is 17.8. The Morgan fingerprint density at radius 2 is 1.90 bits per heavy atom. The third kappa shape index (κ3) is 4.97. The maximum absolute atomic E-state index is 12.9. The van der Waals surface area contributed by atoms with Crippen molar-refractivity contribution in [2.24, 2.45) is 0 Å². The molecule has 160 valence electrons. The van der Waals surface area contributed by atoms with Crippen molar-refractivity contribution in [1.82, 2.24) is 4.90 Å². The van der Waals surface area contributed by atoms with Gasteiger partial charge in [-0.05, 0) is 62.1 Å². The van der Waals surface area contributed by atoms with E-state index in [9.17, 15) is 14.9 Å². The molecule has 0 unspecified atom stereocenters. The highest BCUT2D eigenvalue weighted by molar-refractivity contribution is 5.95. The van der Waals surface area contributed by atoms with Crippen molar-refractivity contribution < 1.29 is 14.5 Å². The summed E-state index contributed by atoms with van der Waals surface area (Å²) in [4.78, 5) is 26.1. The molecule has 1 fully saturated rings. The number of ether oxygens (including phenoxy) is 1. The number of rotatable bonds is 6. The number of aryl methyl sites for hydroxylation is 1. The first kappa shape index (κ1) is 21.8. The number of nitrogens with one attached hydrogen (secondary N) is 1. The maximum Gasteiger partial charge on any atom is 0.293 e. The number of nitrogens with zero attached hydrogens (tertiary/aromatic N) is 2. The Balaban J connectivity index is 1.80. The zero-order chi connectivity index (χ0) is 21.7. The summed E-state index contributed by atoms with van der Waals surface area (Å²) in [5.74, 6) is 0.575. The van der Waals surface area contributed by atoms with Gasteiger partial charge < -0.3 is 10.1 Å². The molecule has 1 amide bonds. The third-order valence-corrected chi connectivity index (χ3v) is 5.89. The zero-order valence-electron chi connectivity index (χ0n) is 17.8. The lowest BCUT2D eigenvalue weighted by Gasteiger charge is -2.30. The molecule has 1 aliphatic rings. The van der Waals surface area contributed by atoms with E-state index in [2.05, 4.69) is 22.3 Å². The highest BCUT2D eigenvalue weighted by atomic mass is 16.6. The van der Waals surface area contributed by atoms with E-state index in [0.717, 1.165) is 54.7 Å². The lowest BCUT2D eigenvalue weighted by atomic mass is 10.0. The third-order valence-electron chi connectivity index (χ3n) is 5.89. The van der Waals surface area contributed by atoms with E-state index in [1.165, 1.54) is 6.07 Å². The summed E-state index contributed by atoms with van der Waals surface area (Å²) in [6.07, 6.45) is 4.25. The van der Waals surface area contributed by atoms with Gasteiger partial charge in [0.05, 0.1) is 18.6 Å². The molecule has 0 saturated carbocycles. The Morgan fingerprint density at radius 1 is 1.17 bits per heavy atom. The van der Waals surface area contributed by atoms with Gasteiger partial charge in [0.1, 0.15) is 11.4 Å². The van der Waals surface area contributed by atoms with E-state index in [1.807, 2.05) is 19.1 Å². The van der Waals surface area contributed by atoms with Crippen LogP contribution < -0.4 is 10.1 Å². The van der Waals surface area contributed by atoms with Crippen molar-refractivity contribution >= 4 is 17.3 Å². The Hall–Kier alpha value is -2.93. The Bertz CT molecular complexity index is 911. The van der Waals surface area contributed by atoms with Crippen LogP contribution in [0.5, 0.6) is 5.75 Å². The van der Waals surface area contributed by atoms with Crippen LogP contribution in [0, 0.1) is 24.0 Å². The summed E-state index contributed by atoms with van der Waals surface area (Å²) in [7, 11) is 1.64. The molecule has 30 heavy (non-hydrogen) atoms. The molecule has 1 N–H and O–H groups in total. The molecule has 7 heteroatoms. The van der Waals surface area contributed by atoms with Crippen molar-refractivity contribution in [3.05, 3.63) is 63.2 Å². The number of carbonyl (C=O) groups excluding carboxylic acids is 1. The van der Waals surface area contributed by atoms with Gasteiger partial charge in [0.25, 0.3) is 5.69 Å². The topological polar surface area (TPSA) is 84.7 Å². The smallest absolute Gasteiger partial charge is 0.293 e. The van der Waals surface area contributed by atoms with Gasteiger partial charge in [-0.3, -0.25) is 19.8 Å². The lowest BCUT2D eigenvalue weighted by molar-refractivity contribution is -0.384. The first-order valence-corrected chi connectivity index (χ1v) is 10.3. The molecule has 1 aliphatic heterocycles. The van der Waals surface area contributed by atoms with E-state index in [4.69, 9.17) is 4.74 Å². The van der Waals surface area contributed by atoms with Crippen LogP contribution in [-0.4, -0.2) is 35.9 Å². The van der Waals surface area contributed by atoms with Crippen LogP contribution in [0.25, 0.3) is 0 Å². The average Bonchev–Trinajstić information content (AvgIpc) is 2.96. The van der Waals surface area contributed by atoms with Gasteiger partial charge in [-0.2, -0.15) is 0 Å².